The van der Waals surface area contributed by atoms with Crippen LogP contribution in [0.15, 0.2) is 212 Å². The molecule has 117 heavy (non-hydrogen) atoms. The van der Waals surface area contributed by atoms with Crippen molar-refractivity contribution in [3.63, 3.8) is 0 Å². The van der Waals surface area contributed by atoms with Crippen LogP contribution in [0.1, 0.15) is 143 Å². The Balaban J connectivity index is 1.01. The Morgan fingerprint density at radius 3 is 0.846 bits per heavy atom. The lowest BCUT2D eigenvalue weighted by Crippen LogP contribution is -2.66. The number of carbonyl (C=O) groups is 8. The average Bonchev–Trinajstić information content (AvgIpc) is 0.756. The molecule has 622 valence electrons. The topological polar surface area (TPSA) is 303 Å². The molecule has 0 aromatic heterocycles. The maximum atomic E-state index is 15.4. The maximum Gasteiger partial charge on any atom is 0.338 e. The predicted molar refractivity (Wildman–Crippen MR) is 418 cm³/mol. The van der Waals surface area contributed by atoms with E-state index in [1.165, 1.54) is 38.1 Å². The molecule has 12 rings (SSSR count). The van der Waals surface area contributed by atoms with Gasteiger partial charge in [0.2, 0.25) is 0 Å². The number of hydrogen-bond acceptors (Lipinski definition) is 26. The molecule has 5 fully saturated rings. The van der Waals surface area contributed by atoms with Gasteiger partial charge in [0.1, 0.15) is 69.2 Å². The van der Waals surface area contributed by atoms with Gasteiger partial charge in [-0.2, -0.15) is 0 Å². The molecule has 0 bridgehead atoms. The van der Waals surface area contributed by atoms with E-state index in [0.717, 1.165) is 5.56 Å². The third-order valence-corrected chi connectivity index (χ3v) is 22.5. The van der Waals surface area contributed by atoms with Gasteiger partial charge in [0, 0.05) is 37.5 Å². The molecular formula is C91H102O26. The molecule has 5 heterocycles. The van der Waals surface area contributed by atoms with Crippen LogP contribution in [0.2, 0.25) is 0 Å². The van der Waals surface area contributed by atoms with E-state index in [0.29, 0.717) is 6.42 Å². The van der Waals surface area contributed by atoms with Crippen molar-refractivity contribution >= 4 is 47.8 Å². The minimum atomic E-state index is -1.92. The highest BCUT2D eigenvalue weighted by Crippen LogP contribution is 2.45. The number of carbonyl (C=O) groups excluding carboxylic acids is 8. The van der Waals surface area contributed by atoms with Gasteiger partial charge in [0.15, 0.2) is 55.9 Å². The first-order valence-corrected chi connectivity index (χ1v) is 39.8. The lowest BCUT2D eigenvalue weighted by molar-refractivity contribution is -0.384. The number of ether oxygens (including phenoxy) is 18. The molecule has 26 heteroatoms. The van der Waals surface area contributed by atoms with Gasteiger partial charge < -0.3 is 85.3 Å². The third kappa shape index (κ3) is 21.8. The monoisotopic (exact) mass is 1610 g/mol. The largest absolute Gasteiger partial charge is 0.463 e. The molecule has 0 N–H and O–H groups in total. The second kappa shape index (κ2) is 40.8. The van der Waals surface area contributed by atoms with E-state index in [4.69, 9.17) is 85.3 Å². The molecule has 5 saturated heterocycles. The molecular weight excluding hydrogens is 1510 g/mol. The fourth-order valence-electron chi connectivity index (χ4n) is 15.3. The molecule has 26 nitrogen and oxygen atoms in total. The van der Waals surface area contributed by atoms with Gasteiger partial charge in [-0.05, 0) is 103 Å². The van der Waals surface area contributed by atoms with Crippen LogP contribution in [0.3, 0.4) is 0 Å². The van der Waals surface area contributed by atoms with Crippen molar-refractivity contribution in [2.75, 3.05) is 26.4 Å². The Hall–Kier alpha value is -10.1. The van der Waals surface area contributed by atoms with E-state index in [1.807, 2.05) is 65.0 Å². The summed E-state index contributed by atoms with van der Waals surface area (Å²) in [5.41, 5.74) is 1.70. The zero-order valence-electron chi connectivity index (χ0n) is 67.0. The summed E-state index contributed by atoms with van der Waals surface area (Å²) in [6.07, 6.45) is -24.3. The van der Waals surface area contributed by atoms with Crippen LogP contribution in [-0.2, 0) is 101 Å². The zero-order chi connectivity index (χ0) is 82.8. The van der Waals surface area contributed by atoms with Crippen molar-refractivity contribution in [1.82, 2.24) is 0 Å². The quantitative estimate of drug-likeness (QED) is 0.0298. The molecule has 0 spiro atoms. The van der Waals surface area contributed by atoms with Crippen molar-refractivity contribution < 1.29 is 124 Å². The number of esters is 8. The normalized spacial score (nSPS) is 30.9. The molecule has 7 aromatic rings. The first kappa shape index (κ1) is 86.2. The van der Waals surface area contributed by atoms with Gasteiger partial charge in [-0.15, -0.1) is 0 Å². The highest BCUT2D eigenvalue weighted by molar-refractivity contribution is 5.92. The van der Waals surface area contributed by atoms with Crippen molar-refractivity contribution in [2.45, 2.75) is 193 Å². The van der Waals surface area contributed by atoms with Gasteiger partial charge in [-0.1, -0.05) is 195 Å². The van der Waals surface area contributed by atoms with Crippen molar-refractivity contribution in [3.05, 3.63) is 251 Å². The molecule has 5 aliphatic rings. The summed E-state index contributed by atoms with van der Waals surface area (Å²) in [5, 5.41) is 0. The summed E-state index contributed by atoms with van der Waals surface area (Å²) in [4.78, 5) is 114. The maximum absolute atomic E-state index is 15.4. The first-order chi connectivity index (χ1) is 56.5. The van der Waals surface area contributed by atoms with Gasteiger partial charge in [-0.25, -0.2) is 28.8 Å². The lowest BCUT2D eigenvalue weighted by atomic mass is 9.82. The molecule has 7 aromatic carbocycles. The predicted octanol–water partition coefficient (Wildman–Crippen LogP) is 13.0. The summed E-state index contributed by atoms with van der Waals surface area (Å²) in [6.45, 7) is 15.7. The first-order valence-electron chi connectivity index (χ1n) is 39.8. The summed E-state index contributed by atoms with van der Waals surface area (Å²) in [6, 6.07) is 58.5. The number of benzene rings is 7. The summed E-state index contributed by atoms with van der Waals surface area (Å²) < 4.78 is 121. The fraction of sp³-hybridized carbons (Fsp3) is 0.451. The van der Waals surface area contributed by atoms with Crippen LogP contribution in [0, 0.1) is 41.4 Å². The molecule has 25 atom stereocenters. The highest BCUT2D eigenvalue weighted by Gasteiger charge is 2.59. The van der Waals surface area contributed by atoms with Crippen LogP contribution in [0.5, 0.6) is 0 Å². The van der Waals surface area contributed by atoms with Crippen LogP contribution < -0.4 is 0 Å². The van der Waals surface area contributed by atoms with E-state index in [-0.39, 0.29) is 64.5 Å². The van der Waals surface area contributed by atoms with Crippen LogP contribution in [0.25, 0.3) is 0 Å². The average molecular weight is 1610 g/mol. The fourth-order valence-corrected chi connectivity index (χ4v) is 15.3. The Kier molecular flexibility index (Phi) is 30.1. The van der Waals surface area contributed by atoms with Crippen LogP contribution in [0.4, 0.5) is 0 Å². The molecule has 10 unspecified atom stereocenters. The highest BCUT2D eigenvalue weighted by atomic mass is 16.8. The Morgan fingerprint density at radius 2 is 0.530 bits per heavy atom. The van der Waals surface area contributed by atoms with E-state index >= 15 is 14.4 Å². The van der Waals surface area contributed by atoms with Crippen LogP contribution in [-0.4, -0.2) is 185 Å². The van der Waals surface area contributed by atoms with Gasteiger partial charge in [0.05, 0.1) is 52.2 Å². The second-order valence-electron chi connectivity index (χ2n) is 30.3. The molecule has 5 aliphatic heterocycles. The van der Waals surface area contributed by atoms with Crippen molar-refractivity contribution in [2.24, 2.45) is 41.4 Å². The zero-order valence-corrected chi connectivity index (χ0v) is 67.0. The standard InChI is InChI=1S/C91H102O26/c1-11-68-52(2)54(4)76(87(106-68)104-47-61-33-19-12-20-34-61)117-91-80(113-86(99)67-45-31-18-32-46-67)75(58(8)72(110-91)51-103-83(96)64-39-25-15-26-40-64)116-90-79(112-85(98)66-43-29-17-30-44-66)74(57(7)71(109-90)50-102-82(95)63-37-23-14-24-38-63)115-89-78(111-84(97)65-41-27-16-28-42-65)73(56(6)70(108-89)49-101-81(94)62-35-21-13-22-36-62)114-88-77(105-60(10)93)55(5)53(3)69(107-88)48-100-59(9)92/h12-46,52-58,68-80,87-91H,11,47-51H2,1-10H3/t52-,53-,54+,55+,56+,57+,58+,68?,69?,70?,71?,72?,73+,74+,75+,76?,77?,78?,79?,80?,87-,88+,89+,90+,91+/m1/s1. The number of rotatable bonds is 30. The Morgan fingerprint density at radius 1 is 0.265 bits per heavy atom. The number of hydrogen-bond donors (Lipinski definition) is 0. The van der Waals surface area contributed by atoms with E-state index in [9.17, 15) is 24.0 Å². The van der Waals surface area contributed by atoms with Crippen LogP contribution >= 0.6 is 0 Å². The summed E-state index contributed by atoms with van der Waals surface area (Å²) in [7, 11) is 0. The third-order valence-electron chi connectivity index (χ3n) is 22.5. The van der Waals surface area contributed by atoms with E-state index in [1.54, 1.807) is 178 Å². The minimum absolute atomic E-state index is 0.0494. The summed E-state index contributed by atoms with van der Waals surface area (Å²) in [5.74, 6) is -10.8. The van der Waals surface area contributed by atoms with E-state index in [2.05, 4.69) is 0 Å². The van der Waals surface area contributed by atoms with Crippen molar-refractivity contribution in [1.29, 1.82) is 0 Å². The molecule has 0 aliphatic carbocycles. The summed E-state index contributed by atoms with van der Waals surface area (Å²) >= 11 is 0. The van der Waals surface area contributed by atoms with Crippen molar-refractivity contribution in [3.8, 4) is 0 Å². The minimum Gasteiger partial charge on any atom is -0.463 e. The molecule has 0 radical (unpaired) electrons. The smallest absolute Gasteiger partial charge is 0.338 e. The van der Waals surface area contributed by atoms with Gasteiger partial charge in [0.25, 0.3) is 0 Å². The Labute approximate surface area is 680 Å². The van der Waals surface area contributed by atoms with Gasteiger partial charge >= 0.3 is 47.8 Å². The molecule has 0 saturated carbocycles. The van der Waals surface area contributed by atoms with E-state index < -0.39 is 202 Å². The lowest BCUT2D eigenvalue weighted by Gasteiger charge is -2.52. The SMILES string of the molecule is CCC1O[C@@H](OCc2ccccc2)C(O[C@@H]2OC(COC(=O)c3ccccc3)[C@H](C)[C@H](O[C@@H]3OC(COC(=O)c4ccccc4)[C@H](C)[C@H](O[C@@H]4OC(COC(=O)c5ccccc5)[C@H](C)[C@H](O[C@@H]5OC(COC(C)=O)[C@H](C)[C@H](C)C5OC(C)=O)C4OC(=O)c4ccccc4)C3OC(=O)c3ccccc3)C2OC(=O)c2ccccc2)[C@@H](C)[C@H]1C. The van der Waals surface area contributed by atoms with Gasteiger partial charge in [-0.3, -0.25) is 9.59 Å². The second-order valence-corrected chi connectivity index (χ2v) is 30.3. The molecule has 0 amide bonds. The Bertz CT molecular complexity index is 4370.